The van der Waals surface area contributed by atoms with Crippen molar-refractivity contribution in [2.45, 2.75) is 72.1 Å². The number of Topliss-reactive ketones (excluding diaryl/α,β-unsaturated/α-hetero) is 1. The fourth-order valence-electron chi connectivity index (χ4n) is 5.69. The van der Waals surface area contributed by atoms with Gasteiger partial charge >= 0.3 is 5.97 Å². The van der Waals surface area contributed by atoms with Gasteiger partial charge in [0.25, 0.3) is 0 Å². The van der Waals surface area contributed by atoms with Gasteiger partial charge < -0.3 is 5.11 Å². The molecule has 1 N–H and O–H groups in total. The van der Waals surface area contributed by atoms with Gasteiger partial charge in [0.15, 0.2) is 0 Å². The number of carbonyl (C=O) groups is 2. The van der Waals surface area contributed by atoms with Crippen LogP contribution in [0.15, 0.2) is 0 Å². The molecule has 4 aliphatic carbocycles. The third-order valence-electron chi connectivity index (χ3n) is 6.81. The molecule has 3 heteroatoms. The highest BCUT2D eigenvalue weighted by molar-refractivity contribution is 5.85. The molecule has 0 radical (unpaired) electrons. The SMILES string of the molecule is CCC(C)(C)C(=O)CC12CC3CC(C1)CC(C(=O)O)(C3)C2. The van der Waals surface area contributed by atoms with Crippen LogP contribution in [0.5, 0.6) is 0 Å². The maximum Gasteiger partial charge on any atom is 0.309 e. The van der Waals surface area contributed by atoms with Gasteiger partial charge in [0, 0.05) is 11.8 Å². The lowest BCUT2D eigenvalue weighted by Gasteiger charge is -2.60. The van der Waals surface area contributed by atoms with Crippen LogP contribution in [-0.2, 0) is 9.59 Å². The maximum absolute atomic E-state index is 12.7. The van der Waals surface area contributed by atoms with E-state index in [1.807, 2.05) is 13.8 Å². The minimum absolute atomic E-state index is 0.00794. The first-order chi connectivity index (χ1) is 9.70. The molecule has 4 saturated carbocycles. The van der Waals surface area contributed by atoms with Gasteiger partial charge in [0.1, 0.15) is 5.78 Å². The largest absolute Gasteiger partial charge is 0.481 e. The van der Waals surface area contributed by atoms with Gasteiger partial charge in [-0.15, -0.1) is 0 Å². The monoisotopic (exact) mass is 292 g/mol. The maximum atomic E-state index is 12.7. The molecule has 0 heterocycles. The van der Waals surface area contributed by atoms with Crippen LogP contribution in [-0.4, -0.2) is 16.9 Å². The zero-order valence-corrected chi connectivity index (χ0v) is 13.6. The smallest absolute Gasteiger partial charge is 0.309 e. The highest BCUT2D eigenvalue weighted by Gasteiger charge is 2.61. The Bertz CT molecular complexity index is 463. The molecule has 4 rings (SSSR count). The molecule has 4 aliphatic rings. The normalized spacial score (nSPS) is 41.3. The number of hydrogen-bond donors (Lipinski definition) is 1. The summed E-state index contributed by atoms with van der Waals surface area (Å²) in [6, 6.07) is 0. The van der Waals surface area contributed by atoms with Crippen molar-refractivity contribution in [1.82, 2.24) is 0 Å². The molecule has 21 heavy (non-hydrogen) atoms. The Morgan fingerprint density at radius 2 is 1.71 bits per heavy atom. The summed E-state index contributed by atoms with van der Waals surface area (Å²) in [5.74, 6) is 0.815. The molecule has 0 aliphatic heterocycles. The van der Waals surface area contributed by atoms with Gasteiger partial charge in [0.2, 0.25) is 0 Å². The highest BCUT2D eigenvalue weighted by atomic mass is 16.4. The van der Waals surface area contributed by atoms with Crippen LogP contribution in [0.3, 0.4) is 0 Å². The molecule has 0 amide bonds. The summed E-state index contributed by atoms with van der Waals surface area (Å²) in [5, 5.41) is 9.75. The molecular formula is C18H28O3. The van der Waals surface area contributed by atoms with Crippen LogP contribution in [0.25, 0.3) is 0 Å². The molecular weight excluding hydrogens is 264 g/mol. The van der Waals surface area contributed by atoms with E-state index in [2.05, 4.69) is 6.92 Å². The molecule has 4 fully saturated rings. The van der Waals surface area contributed by atoms with Crippen LogP contribution in [0.1, 0.15) is 72.1 Å². The summed E-state index contributed by atoms with van der Waals surface area (Å²) in [5.41, 5.74) is -0.785. The van der Waals surface area contributed by atoms with E-state index in [1.54, 1.807) is 0 Å². The van der Waals surface area contributed by atoms with Gasteiger partial charge in [-0.25, -0.2) is 0 Å². The minimum atomic E-state index is -0.608. The number of hydrogen-bond acceptors (Lipinski definition) is 2. The van der Waals surface area contributed by atoms with Gasteiger partial charge in [0.05, 0.1) is 5.41 Å². The van der Waals surface area contributed by atoms with E-state index in [9.17, 15) is 14.7 Å². The Hall–Kier alpha value is -0.860. The fourth-order valence-corrected chi connectivity index (χ4v) is 5.69. The summed E-state index contributed by atoms with van der Waals surface area (Å²) in [7, 11) is 0. The second-order valence-electron chi connectivity index (χ2n) is 8.88. The Labute approximate surface area is 127 Å². The number of rotatable bonds is 5. The van der Waals surface area contributed by atoms with Crippen molar-refractivity contribution < 1.29 is 14.7 Å². The molecule has 0 spiro atoms. The van der Waals surface area contributed by atoms with E-state index in [0.717, 1.165) is 38.5 Å². The molecule has 118 valence electrons. The summed E-state index contributed by atoms with van der Waals surface area (Å²) in [6.07, 6.45) is 7.29. The predicted octanol–water partition coefficient (Wildman–Crippen LogP) is 4.05. The van der Waals surface area contributed by atoms with Gasteiger partial charge in [-0.2, -0.15) is 0 Å². The molecule has 0 aromatic heterocycles. The topological polar surface area (TPSA) is 54.4 Å². The lowest BCUT2D eigenvalue weighted by atomic mass is 9.43. The van der Waals surface area contributed by atoms with Crippen molar-refractivity contribution in [3.05, 3.63) is 0 Å². The highest BCUT2D eigenvalue weighted by Crippen LogP contribution is 2.66. The van der Waals surface area contributed by atoms with E-state index in [-0.39, 0.29) is 10.8 Å². The van der Waals surface area contributed by atoms with E-state index in [1.165, 1.54) is 6.42 Å². The Morgan fingerprint density at radius 3 is 2.19 bits per heavy atom. The van der Waals surface area contributed by atoms with Gasteiger partial charge in [-0.3, -0.25) is 9.59 Å². The van der Waals surface area contributed by atoms with Gasteiger partial charge in [-0.05, 0) is 62.2 Å². The Balaban J connectivity index is 1.85. The molecule has 4 bridgehead atoms. The third kappa shape index (κ3) is 2.33. The zero-order chi connectivity index (χ0) is 15.5. The number of carbonyl (C=O) groups excluding carboxylic acids is 1. The van der Waals surface area contributed by atoms with Crippen LogP contribution in [0.2, 0.25) is 0 Å². The van der Waals surface area contributed by atoms with Crippen LogP contribution in [0, 0.1) is 28.1 Å². The summed E-state index contributed by atoms with van der Waals surface area (Å²) in [4.78, 5) is 24.6. The minimum Gasteiger partial charge on any atom is -0.481 e. The Kier molecular flexibility index (Phi) is 3.27. The van der Waals surface area contributed by atoms with Crippen LogP contribution in [0.4, 0.5) is 0 Å². The average Bonchev–Trinajstić information content (AvgIpc) is 2.36. The van der Waals surface area contributed by atoms with Gasteiger partial charge in [-0.1, -0.05) is 20.8 Å². The number of aliphatic carboxylic acids is 1. The molecule has 3 nitrogen and oxygen atoms in total. The van der Waals surface area contributed by atoms with Crippen molar-refractivity contribution in [2.24, 2.45) is 28.1 Å². The number of ketones is 1. The fraction of sp³-hybridized carbons (Fsp3) is 0.889. The van der Waals surface area contributed by atoms with E-state index in [0.29, 0.717) is 24.0 Å². The van der Waals surface area contributed by atoms with Crippen molar-refractivity contribution in [2.75, 3.05) is 0 Å². The standard InChI is InChI=1S/C18H28O3/c1-4-16(2,3)14(19)10-17-6-12-5-13(7-17)9-18(8-12,11-17)15(20)21/h12-13H,4-11H2,1-3H3,(H,20,21). The molecule has 0 saturated heterocycles. The zero-order valence-electron chi connectivity index (χ0n) is 13.6. The third-order valence-corrected chi connectivity index (χ3v) is 6.81. The predicted molar refractivity (Wildman–Crippen MR) is 80.9 cm³/mol. The average molecular weight is 292 g/mol. The first-order valence-corrected chi connectivity index (χ1v) is 8.47. The first kappa shape index (κ1) is 15.1. The molecule has 2 atom stereocenters. The number of carboxylic acid groups (broad SMARTS) is 1. The summed E-state index contributed by atoms with van der Waals surface area (Å²) >= 11 is 0. The van der Waals surface area contributed by atoms with E-state index < -0.39 is 11.4 Å². The van der Waals surface area contributed by atoms with Crippen molar-refractivity contribution >= 4 is 11.8 Å². The lowest BCUT2D eigenvalue weighted by Crippen LogP contribution is -2.55. The Morgan fingerprint density at radius 1 is 1.14 bits per heavy atom. The van der Waals surface area contributed by atoms with Crippen LogP contribution < -0.4 is 0 Å². The summed E-state index contributed by atoms with van der Waals surface area (Å²) < 4.78 is 0. The number of carboxylic acids is 1. The second kappa shape index (κ2) is 4.57. The van der Waals surface area contributed by atoms with Crippen LogP contribution >= 0.6 is 0 Å². The quantitative estimate of drug-likeness (QED) is 0.831. The van der Waals surface area contributed by atoms with Crippen molar-refractivity contribution in [3.8, 4) is 0 Å². The van der Waals surface area contributed by atoms with E-state index in [4.69, 9.17) is 0 Å². The van der Waals surface area contributed by atoms with Crippen molar-refractivity contribution in [3.63, 3.8) is 0 Å². The first-order valence-electron chi connectivity index (χ1n) is 8.47. The van der Waals surface area contributed by atoms with E-state index >= 15 is 0 Å². The van der Waals surface area contributed by atoms with Crippen molar-refractivity contribution in [1.29, 1.82) is 0 Å². The molecule has 0 aromatic rings. The summed E-state index contributed by atoms with van der Waals surface area (Å²) in [6.45, 7) is 6.13. The molecule has 0 aromatic carbocycles. The molecule has 2 unspecified atom stereocenters. The lowest BCUT2D eigenvalue weighted by molar-refractivity contribution is -0.177. The second-order valence-corrected chi connectivity index (χ2v) is 8.88.